The number of hydrogen-bond donors (Lipinski definition) is 2. The summed E-state index contributed by atoms with van der Waals surface area (Å²) in [6.45, 7) is 3.52. The van der Waals surface area contributed by atoms with Crippen molar-refractivity contribution in [3.05, 3.63) is 29.6 Å². The third-order valence-corrected chi connectivity index (χ3v) is 4.41. The second-order valence-corrected chi connectivity index (χ2v) is 6.50. The molecule has 0 bridgehead atoms. The Balaban J connectivity index is 1.80. The standard InChI is InChI=1S/C17H19N5O2S/c1-3-4-5-15(24)19-16-20-17-22(21-16)14(10-25-17)12-6-8-13(9-7-12)18-11(2)23/h6-10H,3-5H2,1-2H3,(H,18,23)(H,19,21,24). The molecule has 0 fully saturated rings. The quantitative estimate of drug-likeness (QED) is 0.706. The zero-order valence-corrected chi connectivity index (χ0v) is 14.9. The fourth-order valence-corrected chi connectivity index (χ4v) is 3.22. The van der Waals surface area contributed by atoms with Gasteiger partial charge in [-0.2, -0.15) is 4.98 Å². The van der Waals surface area contributed by atoms with E-state index in [4.69, 9.17) is 0 Å². The number of hydrogen-bond acceptors (Lipinski definition) is 5. The Morgan fingerprint density at radius 1 is 1.20 bits per heavy atom. The molecule has 3 aromatic rings. The fraction of sp³-hybridized carbons (Fsp3) is 0.294. The van der Waals surface area contributed by atoms with Crippen LogP contribution in [-0.4, -0.2) is 26.4 Å². The van der Waals surface area contributed by atoms with E-state index in [2.05, 4.69) is 20.7 Å². The van der Waals surface area contributed by atoms with E-state index in [0.717, 1.165) is 29.8 Å². The molecule has 2 heterocycles. The minimum absolute atomic E-state index is 0.0682. The van der Waals surface area contributed by atoms with Crippen LogP contribution in [0.25, 0.3) is 16.2 Å². The second-order valence-electron chi connectivity index (χ2n) is 5.66. The van der Waals surface area contributed by atoms with Crippen molar-refractivity contribution in [2.45, 2.75) is 33.1 Å². The second kappa shape index (κ2) is 7.43. The van der Waals surface area contributed by atoms with Crippen LogP contribution in [0.4, 0.5) is 11.6 Å². The zero-order chi connectivity index (χ0) is 17.8. The van der Waals surface area contributed by atoms with Gasteiger partial charge in [-0.25, -0.2) is 4.52 Å². The van der Waals surface area contributed by atoms with Crippen LogP contribution in [0.5, 0.6) is 0 Å². The summed E-state index contributed by atoms with van der Waals surface area (Å²) in [5, 5.41) is 11.8. The number of amides is 2. The van der Waals surface area contributed by atoms with Gasteiger partial charge in [0, 0.05) is 30.0 Å². The van der Waals surface area contributed by atoms with Crippen molar-refractivity contribution in [3.8, 4) is 11.3 Å². The van der Waals surface area contributed by atoms with Crippen LogP contribution in [0.1, 0.15) is 33.1 Å². The molecule has 0 unspecified atom stereocenters. The highest BCUT2D eigenvalue weighted by Gasteiger charge is 2.13. The largest absolute Gasteiger partial charge is 0.326 e. The van der Waals surface area contributed by atoms with Gasteiger partial charge < -0.3 is 5.32 Å². The summed E-state index contributed by atoms with van der Waals surface area (Å²) in [4.78, 5) is 28.0. The van der Waals surface area contributed by atoms with Crippen molar-refractivity contribution in [2.75, 3.05) is 10.6 Å². The average molecular weight is 357 g/mol. The predicted molar refractivity (Wildman–Crippen MR) is 98.8 cm³/mol. The van der Waals surface area contributed by atoms with Gasteiger partial charge in [-0.05, 0) is 18.6 Å². The number of unbranched alkanes of at least 4 members (excludes halogenated alkanes) is 1. The molecule has 2 N–H and O–H groups in total. The SMILES string of the molecule is CCCCC(=O)Nc1nc2scc(-c3ccc(NC(C)=O)cc3)n2n1. The molecule has 0 aliphatic rings. The topological polar surface area (TPSA) is 88.4 Å². The number of carbonyl (C=O) groups excluding carboxylic acids is 2. The van der Waals surface area contributed by atoms with Crippen molar-refractivity contribution in [1.82, 2.24) is 14.6 Å². The van der Waals surface area contributed by atoms with Crippen molar-refractivity contribution in [2.24, 2.45) is 0 Å². The summed E-state index contributed by atoms with van der Waals surface area (Å²) in [6, 6.07) is 7.50. The van der Waals surface area contributed by atoms with E-state index in [1.165, 1.54) is 18.3 Å². The molecule has 2 amide bonds. The molecule has 0 radical (unpaired) electrons. The Morgan fingerprint density at radius 2 is 1.96 bits per heavy atom. The van der Waals surface area contributed by atoms with Gasteiger partial charge in [0.1, 0.15) is 0 Å². The van der Waals surface area contributed by atoms with Gasteiger partial charge in [0.2, 0.25) is 22.7 Å². The van der Waals surface area contributed by atoms with Crippen molar-refractivity contribution in [1.29, 1.82) is 0 Å². The molecule has 1 aromatic carbocycles. The first-order valence-corrected chi connectivity index (χ1v) is 8.97. The number of thiazole rings is 1. The molecule has 0 atom stereocenters. The first-order chi connectivity index (χ1) is 12.1. The number of anilines is 2. The molecule has 7 nitrogen and oxygen atoms in total. The van der Waals surface area contributed by atoms with Gasteiger partial charge in [0.25, 0.3) is 0 Å². The van der Waals surface area contributed by atoms with Gasteiger partial charge in [-0.15, -0.1) is 16.4 Å². The highest BCUT2D eigenvalue weighted by Crippen LogP contribution is 2.27. The molecule has 2 aromatic heterocycles. The molecular weight excluding hydrogens is 338 g/mol. The van der Waals surface area contributed by atoms with Gasteiger partial charge in [-0.3, -0.25) is 14.9 Å². The lowest BCUT2D eigenvalue weighted by Crippen LogP contribution is -2.12. The van der Waals surface area contributed by atoms with Crippen LogP contribution in [-0.2, 0) is 9.59 Å². The van der Waals surface area contributed by atoms with Crippen LogP contribution in [0, 0.1) is 0 Å². The Morgan fingerprint density at radius 3 is 2.64 bits per heavy atom. The minimum Gasteiger partial charge on any atom is -0.326 e. The minimum atomic E-state index is -0.106. The lowest BCUT2D eigenvalue weighted by atomic mass is 10.1. The first kappa shape index (κ1) is 17.1. The highest BCUT2D eigenvalue weighted by atomic mass is 32.1. The van der Waals surface area contributed by atoms with E-state index in [0.29, 0.717) is 17.3 Å². The van der Waals surface area contributed by atoms with Gasteiger partial charge in [0.05, 0.1) is 5.69 Å². The van der Waals surface area contributed by atoms with E-state index in [9.17, 15) is 9.59 Å². The number of nitrogens with one attached hydrogen (secondary N) is 2. The molecule has 0 saturated carbocycles. The normalized spacial score (nSPS) is 10.8. The Hall–Kier alpha value is -2.74. The Labute approximate surface area is 149 Å². The molecule has 25 heavy (non-hydrogen) atoms. The third-order valence-electron chi connectivity index (χ3n) is 3.59. The molecule has 3 rings (SSSR count). The molecule has 0 aliphatic carbocycles. The zero-order valence-electron chi connectivity index (χ0n) is 14.1. The molecule has 0 saturated heterocycles. The smallest absolute Gasteiger partial charge is 0.250 e. The van der Waals surface area contributed by atoms with Crippen LogP contribution < -0.4 is 10.6 Å². The Bertz CT molecular complexity index is 898. The number of carbonyl (C=O) groups is 2. The van der Waals surface area contributed by atoms with Crippen LogP contribution >= 0.6 is 11.3 Å². The summed E-state index contributed by atoms with van der Waals surface area (Å²) in [6.07, 6.45) is 2.29. The molecule has 0 aliphatic heterocycles. The summed E-state index contributed by atoms with van der Waals surface area (Å²) in [5.41, 5.74) is 2.58. The first-order valence-electron chi connectivity index (χ1n) is 8.09. The maximum absolute atomic E-state index is 11.8. The lowest BCUT2D eigenvalue weighted by Gasteiger charge is -2.03. The van der Waals surface area contributed by atoms with Crippen molar-refractivity contribution in [3.63, 3.8) is 0 Å². The number of nitrogens with zero attached hydrogens (tertiary/aromatic N) is 3. The molecule has 8 heteroatoms. The summed E-state index contributed by atoms with van der Waals surface area (Å²) < 4.78 is 1.72. The van der Waals surface area contributed by atoms with E-state index in [-0.39, 0.29) is 11.8 Å². The maximum Gasteiger partial charge on any atom is 0.250 e. The number of aromatic nitrogens is 3. The predicted octanol–water partition coefficient (Wildman–Crippen LogP) is 3.54. The van der Waals surface area contributed by atoms with E-state index in [1.54, 1.807) is 4.52 Å². The summed E-state index contributed by atoms with van der Waals surface area (Å²) in [5.74, 6) is 0.149. The average Bonchev–Trinajstić information content (AvgIpc) is 3.13. The molecule has 0 spiro atoms. The van der Waals surface area contributed by atoms with Gasteiger partial charge in [-0.1, -0.05) is 25.5 Å². The van der Waals surface area contributed by atoms with Crippen molar-refractivity contribution >= 4 is 39.7 Å². The highest BCUT2D eigenvalue weighted by molar-refractivity contribution is 7.15. The number of benzene rings is 1. The van der Waals surface area contributed by atoms with E-state index >= 15 is 0 Å². The molecular formula is C17H19N5O2S. The fourth-order valence-electron chi connectivity index (χ4n) is 2.38. The number of fused-ring (bicyclic) bond motifs is 1. The van der Waals surface area contributed by atoms with Crippen LogP contribution in [0.3, 0.4) is 0 Å². The summed E-state index contributed by atoms with van der Waals surface area (Å²) >= 11 is 1.46. The Kier molecular flexibility index (Phi) is 5.08. The van der Waals surface area contributed by atoms with Crippen LogP contribution in [0.15, 0.2) is 29.6 Å². The molecule has 130 valence electrons. The lowest BCUT2D eigenvalue weighted by molar-refractivity contribution is -0.116. The maximum atomic E-state index is 11.8. The van der Waals surface area contributed by atoms with Gasteiger partial charge in [0.15, 0.2) is 0 Å². The van der Waals surface area contributed by atoms with Crippen LogP contribution in [0.2, 0.25) is 0 Å². The third kappa shape index (κ3) is 4.03. The van der Waals surface area contributed by atoms with Gasteiger partial charge >= 0.3 is 0 Å². The van der Waals surface area contributed by atoms with E-state index in [1.807, 2.05) is 36.6 Å². The monoisotopic (exact) mass is 357 g/mol. The van der Waals surface area contributed by atoms with Crippen molar-refractivity contribution < 1.29 is 9.59 Å². The number of rotatable bonds is 6. The van der Waals surface area contributed by atoms with E-state index < -0.39 is 0 Å². The summed E-state index contributed by atoms with van der Waals surface area (Å²) in [7, 11) is 0.